The summed E-state index contributed by atoms with van der Waals surface area (Å²) in [6.07, 6.45) is 1.53. The fourth-order valence-electron chi connectivity index (χ4n) is 2.33. The number of benzene rings is 2. The molecule has 23 heavy (non-hydrogen) atoms. The Kier molecular flexibility index (Phi) is 3.05. The van der Waals surface area contributed by atoms with Gasteiger partial charge in [0.2, 0.25) is 5.90 Å². The molecular formula is C18H10FNO3. The van der Waals surface area contributed by atoms with Gasteiger partial charge in [0.1, 0.15) is 17.2 Å². The first-order chi connectivity index (χ1) is 11.2. The fourth-order valence-corrected chi connectivity index (χ4v) is 2.33. The summed E-state index contributed by atoms with van der Waals surface area (Å²) in [4.78, 5) is 16.1. The van der Waals surface area contributed by atoms with Crippen LogP contribution in [-0.4, -0.2) is 11.9 Å². The van der Waals surface area contributed by atoms with E-state index in [-0.39, 0.29) is 17.4 Å². The fraction of sp³-hybridized carbons (Fsp3) is 0. The van der Waals surface area contributed by atoms with Crippen LogP contribution >= 0.6 is 0 Å². The Morgan fingerprint density at radius 2 is 1.83 bits per heavy atom. The van der Waals surface area contributed by atoms with Crippen LogP contribution in [0, 0.1) is 5.82 Å². The second-order valence-corrected chi connectivity index (χ2v) is 5.03. The van der Waals surface area contributed by atoms with Gasteiger partial charge in [0, 0.05) is 17.0 Å². The second kappa shape index (κ2) is 5.21. The van der Waals surface area contributed by atoms with E-state index in [2.05, 4.69) is 4.99 Å². The smallest absolute Gasteiger partial charge is 0.363 e. The lowest BCUT2D eigenvalue weighted by molar-refractivity contribution is -0.129. The summed E-state index contributed by atoms with van der Waals surface area (Å²) in [6, 6.07) is 14.9. The highest BCUT2D eigenvalue weighted by molar-refractivity contribution is 6.12. The summed E-state index contributed by atoms with van der Waals surface area (Å²) < 4.78 is 23.7. The maximum absolute atomic E-state index is 12.9. The molecule has 3 aromatic rings. The Morgan fingerprint density at radius 1 is 1.04 bits per heavy atom. The van der Waals surface area contributed by atoms with Crippen molar-refractivity contribution in [1.82, 2.24) is 0 Å². The Morgan fingerprint density at radius 3 is 2.61 bits per heavy atom. The number of fused-ring (bicyclic) bond motifs is 1. The summed E-state index contributed by atoms with van der Waals surface area (Å²) in [7, 11) is 0. The first kappa shape index (κ1) is 13.5. The van der Waals surface area contributed by atoms with Crippen LogP contribution in [0.15, 0.2) is 69.7 Å². The largest absolute Gasteiger partial charge is 0.457 e. The zero-order valence-corrected chi connectivity index (χ0v) is 11.8. The van der Waals surface area contributed by atoms with E-state index in [0.29, 0.717) is 11.3 Å². The standard InChI is InChI=1S/C18H10FNO3/c19-13-7-5-11(6-8-13)17-20-15(18(21)23-17)10-14-9-12-3-1-2-4-16(12)22-14/h1-10H/b15-10+. The summed E-state index contributed by atoms with van der Waals surface area (Å²) in [5.74, 6) is -0.263. The molecule has 4 nitrogen and oxygen atoms in total. The molecule has 112 valence electrons. The van der Waals surface area contributed by atoms with Gasteiger partial charge in [-0.15, -0.1) is 0 Å². The van der Waals surface area contributed by atoms with E-state index < -0.39 is 5.97 Å². The molecule has 1 aromatic heterocycles. The van der Waals surface area contributed by atoms with Crippen LogP contribution < -0.4 is 0 Å². The van der Waals surface area contributed by atoms with Gasteiger partial charge in [-0.1, -0.05) is 18.2 Å². The molecule has 1 aliphatic heterocycles. The van der Waals surface area contributed by atoms with Gasteiger partial charge in [-0.25, -0.2) is 14.2 Å². The molecular weight excluding hydrogens is 297 g/mol. The molecule has 5 heteroatoms. The lowest BCUT2D eigenvalue weighted by atomic mass is 10.2. The normalized spacial score (nSPS) is 16.0. The van der Waals surface area contributed by atoms with E-state index in [1.807, 2.05) is 30.3 Å². The first-order valence-electron chi connectivity index (χ1n) is 6.96. The maximum Gasteiger partial charge on any atom is 0.363 e. The van der Waals surface area contributed by atoms with E-state index in [4.69, 9.17) is 9.15 Å². The van der Waals surface area contributed by atoms with Gasteiger partial charge in [-0.05, 0) is 36.4 Å². The number of hydrogen-bond donors (Lipinski definition) is 0. The number of carbonyl (C=O) groups excluding carboxylic acids is 1. The van der Waals surface area contributed by atoms with Crippen molar-refractivity contribution in [2.75, 3.05) is 0 Å². The quantitative estimate of drug-likeness (QED) is 0.532. The zero-order valence-electron chi connectivity index (χ0n) is 11.8. The molecule has 0 atom stereocenters. The van der Waals surface area contributed by atoms with Crippen LogP contribution in [0.3, 0.4) is 0 Å². The molecule has 1 aliphatic rings. The number of ether oxygens (including phenoxy) is 1. The number of carbonyl (C=O) groups is 1. The number of rotatable bonds is 2. The summed E-state index contributed by atoms with van der Waals surface area (Å²) in [6.45, 7) is 0. The monoisotopic (exact) mass is 307 g/mol. The van der Waals surface area contributed by atoms with Crippen LogP contribution in [0.5, 0.6) is 0 Å². The van der Waals surface area contributed by atoms with Crippen LogP contribution in [0.4, 0.5) is 4.39 Å². The second-order valence-electron chi connectivity index (χ2n) is 5.03. The molecule has 0 bridgehead atoms. The van der Waals surface area contributed by atoms with Crippen molar-refractivity contribution in [3.63, 3.8) is 0 Å². The molecule has 2 aromatic carbocycles. The summed E-state index contributed by atoms with van der Waals surface area (Å²) in [5, 5.41) is 0.938. The Hall–Kier alpha value is -3.21. The van der Waals surface area contributed by atoms with Gasteiger partial charge < -0.3 is 9.15 Å². The first-order valence-corrected chi connectivity index (χ1v) is 6.96. The number of furan rings is 1. The molecule has 0 N–H and O–H groups in total. The Balaban J connectivity index is 1.70. The average Bonchev–Trinajstić information content (AvgIpc) is 3.12. The van der Waals surface area contributed by atoms with Crippen molar-refractivity contribution in [1.29, 1.82) is 0 Å². The minimum atomic E-state index is -0.565. The third-order valence-electron chi connectivity index (χ3n) is 3.44. The molecule has 2 heterocycles. The highest BCUT2D eigenvalue weighted by Crippen LogP contribution is 2.24. The van der Waals surface area contributed by atoms with Crippen molar-refractivity contribution >= 4 is 28.9 Å². The summed E-state index contributed by atoms with van der Waals surface area (Å²) in [5.41, 5.74) is 1.41. The number of nitrogens with zero attached hydrogens (tertiary/aromatic N) is 1. The van der Waals surface area contributed by atoms with E-state index in [1.165, 1.54) is 30.3 Å². The van der Waals surface area contributed by atoms with Gasteiger partial charge in [0.25, 0.3) is 0 Å². The average molecular weight is 307 g/mol. The number of halogens is 1. The van der Waals surface area contributed by atoms with Gasteiger partial charge >= 0.3 is 5.97 Å². The number of esters is 1. The lowest BCUT2D eigenvalue weighted by Crippen LogP contribution is -2.05. The van der Waals surface area contributed by atoms with Crippen molar-refractivity contribution in [3.8, 4) is 0 Å². The zero-order chi connectivity index (χ0) is 15.8. The molecule has 0 unspecified atom stereocenters. The van der Waals surface area contributed by atoms with Crippen molar-refractivity contribution < 1.29 is 18.3 Å². The molecule has 0 saturated carbocycles. The molecule has 0 aliphatic carbocycles. The third kappa shape index (κ3) is 2.53. The Bertz CT molecular complexity index is 934. The number of cyclic esters (lactones) is 1. The van der Waals surface area contributed by atoms with E-state index in [9.17, 15) is 9.18 Å². The number of aliphatic imine (C=N–C) groups is 1. The van der Waals surface area contributed by atoms with Crippen LogP contribution in [0.25, 0.3) is 17.0 Å². The van der Waals surface area contributed by atoms with Gasteiger partial charge in [-0.2, -0.15) is 0 Å². The highest BCUT2D eigenvalue weighted by Gasteiger charge is 2.24. The summed E-state index contributed by atoms with van der Waals surface area (Å²) >= 11 is 0. The van der Waals surface area contributed by atoms with E-state index in [0.717, 1.165) is 11.0 Å². The molecule has 4 rings (SSSR count). The van der Waals surface area contributed by atoms with Crippen molar-refractivity contribution in [2.24, 2.45) is 4.99 Å². The van der Waals surface area contributed by atoms with Gasteiger partial charge in [0.15, 0.2) is 5.70 Å². The van der Waals surface area contributed by atoms with Crippen molar-refractivity contribution in [2.45, 2.75) is 0 Å². The molecule has 0 fully saturated rings. The molecule has 0 spiro atoms. The molecule has 0 amide bonds. The van der Waals surface area contributed by atoms with E-state index in [1.54, 1.807) is 0 Å². The topological polar surface area (TPSA) is 51.8 Å². The van der Waals surface area contributed by atoms with Crippen LogP contribution in [-0.2, 0) is 9.53 Å². The van der Waals surface area contributed by atoms with Gasteiger partial charge in [0.05, 0.1) is 0 Å². The minimum absolute atomic E-state index is 0.142. The Labute approximate surface area is 130 Å². The van der Waals surface area contributed by atoms with Gasteiger partial charge in [-0.3, -0.25) is 0 Å². The highest BCUT2D eigenvalue weighted by atomic mass is 19.1. The molecule has 0 saturated heterocycles. The predicted octanol–water partition coefficient (Wildman–Crippen LogP) is 3.92. The molecule has 0 radical (unpaired) electrons. The lowest BCUT2D eigenvalue weighted by Gasteiger charge is -1.98. The van der Waals surface area contributed by atoms with Crippen LogP contribution in [0.1, 0.15) is 11.3 Å². The van der Waals surface area contributed by atoms with Crippen LogP contribution in [0.2, 0.25) is 0 Å². The van der Waals surface area contributed by atoms with Crippen molar-refractivity contribution in [3.05, 3.63) is 77.4 Å². The van der Waals surface area contributed by atoms with E-state index >= 15 is 0 Å². The minimum Gasteiger partial charge on any atom is -0.457 e. The number of hydrogen-bond acceptors (Lipinski definition) is 4. The predicted molar refractivity (Wildman–Crippen MR) is 83.2 cm³/mol. The SMILES string of the molecule is O=C1OC(c2ccc(F)cc2)=N/C1=C/c1cc2ccccc2o1. The third-order valence-corrected chi connectivity index (χ3v) is 3.44. The maximum atomic E-state index is 12.9. The number of para-hydroxylation sites is 1.